The first kappa shape index (κ1) is 27.5. The van der Waals surface area contributed by atoms with Gasteiger partial charge in [-0.25, -0.2) is 4.79 Å². The van der Waals surface area contributed by atoms with Crippen molar-refractivity contribution in [3.05, 3.63) is 120 Å². The molecule has 0 saturated heterocycles. The number of benzene rings is 3. The number of nitrogens with zero attached hydrogens (tertiary/aromatic N) is 1. The molecular formula is C32H30N2O4S. The fourth-order valence-electron chi connectivity index (χ4n) is 4.16. The predicted octanol–water partition coefficient (Wildman–Crippen LogP) is 7.77. The molecule has 4 rings (SSSR count). The van der Waals surface area contributed by atoms with Gasteiger partial charge in [0.15, 0.2) is 0 Å². The molecule has 0 fully saturated rings. The van der Waals surface area contributed by atoms with Crippen LogP contribution in [-0.2, 0) is 14.3 Å². The average Bonchev–Trinajstić information content (AvgIpc) is 3.32. The number of aryl methyl sites for hydroxylation is 1. The largest absolute Gasteiger partial charge is 0.468 e. The molecule has 1 heterocycles. The first-order valence-electron chi connectivity index (χ1n) is 12.4. The van der Waals surface area contributed by atoms with E-state index in [4.69, 9.17) is 9.47 Å². The number of methoxy groups -OCH3 is 1. The van der Waals surface area contributed by atoms with Crippen molar-refractivity contribution in [2.24, 2.45) is 0 Å². The maximum Gasteiger partial charge on any atom is 0.412 e. The number of hydrogen-bond donors (Lipinski definition) is 1. The molecule has 1 aromatic heterocycles. The molecular weight excluding hydrogens is 508 g/mol. The smallest absolute Gasteiger partial charge is 0.412 e. The number of amides is 1. The summed E-state index contributed by atoms with van der Waals surface area (Å²) >= 11 is 1.31. The van der Waals surface area contributed by atoms with Gasteiger partial charge in [-0.15, -0.1) is 0 Å². The van der Waals surface area contributed by atoms with Crippen molar-refractivity contribution >= 4 is 29.3 Å². The molecule has 0 aliphatic rings. The third kappa shape index (κ3) is 6.33. The first-order valence-corrected chi connectivity index (χ1v) is 13.2. The highest BCUT2D eigenvalue weighted by Gasteiger charge is 2.23. The highest BCUT2D eigenvalue weighted by molar-refractivity contribution is 7.10. The molecule has 0 saturated carbocycles. The number of esters is 1. The molecule has 0 aliphatic carbocycles. The molecule has 6 nitrogen and oxygen atoms in total. The summed E-state index contributed by atoms with van der Waals surface area (Å²) in [4.78, 5) is 25.9. The number of ether oxygens (including phenoxy) is 2. The van der Waals surface area contributed by atoms with Gasteiger partial charge in [0.2, 0.25) is 0 Å². The van der Waals surface area contributed by atoms with Gasteiger partial charge < -0.3 is 9.47 Å². The number of carbonyl (C=O) groups is 2. The number of hydrogen-bond acceptors (Lipinski definition) is 6. The molecule has 4 aromatic rings. The van der Waals surface area contributed by atoms with Crippen LogP contribution in [0, 0.1) is 6.92 Å². The Morgan fingerprint density at radius 2 is 1.49 bits per heavy atom. The molecule has 39 heavy (non-hydrogen) atoms. The van der Waals surface area contributed by atoms with Crippen molar-refractivity contribution in [3.8, 4) is 21.6 Å². The standard InChI is InChI=1S/C32H30N2O4S/c1-6-20(2)22(4)38-32(36)33-29-21(3)34-39-30(29)27-18-14-24(15-19-27)23-12-16-26(17-13-23)28(31(35)37-5)25-10-8-7-9-11-25/h6-19,22,28H,1-2H2,3-5H3,(H,33,36). The van der Waals surface area contributed by atoms with Crippen LogP contribution in [0.25, 0.3) is 21.6 Å². The number of aromatic nitrogens is 1. The summed E-state index contributed by atoms with van der Waals surface area (Å²) in [5.41, 5.74) is 6.66. The second-order valence-electron chi connectivity index (χ2n) is 8.99. The quantitative estimate of drug-likeness (QED) is 0.174. The highest BCUT2D eigenvalue weighted by atomic mass is 32.1. The Bertz CT molecular complexity index is 1480. The Hall–Kier alpha value is -4.49. The summed E-state index contributed by atoms with van der Waals surface area (Å²) in [6, 6.07) is 25.6. The fraction of sp³-hybridized carbons (Fsp3) is 0.156. The van der Waals surface area contributed by atoms with Crippen molar-refractivity contribution in [2.75, 3.05) is 12.4 Å². The zero-order valence-corrected chi connectivity index (χ0v) is 23.0. The maximum atomic E-state index is 12.6. The zero-order chi connectivity index (χ0) is 27.9. The van der Waals surface area contributed by atoms with E-state index in [0.717, 1.165) is 32.7 Å². The van der Waals surface area contributed by atoms with E-state index < -0.39 is 18.1 Å². The van der Waals surface area contributed by atoms with E-state index >= 15 is 0 Å². The lowest BCUT2D eigenvalue weighted by molar-refractivity contribution is -0.141. The SMILES string of the molecule is C=CC(=C)C(C)OC(=O)Nc1c(C)nsc1-c1ccc(-c2ccc(C(C(=O)OC)c3ccccc3)cc2)cc1. The van der Waals surface area contributed by atoms with Crippen molar-refractivity contribution in [1.82, 2.24) is 4.37 Å². The van der Waals surface area contributed by atoms with Gasteiger partial charge >= 0.3 is 12.1 Å². The number of carbonyl (C=O) groups excluding carboxylic acids is 2. The molecule has 1 amide bonds. The van der Waals surface area contributed by atoms with Gasteiger partial charge in [-0.05, 0) is 58.8 Å². The van der Waals surface area contributed by atoms with E-state index in [2.05, 4.69) is 22.8 Å². The predicted molar refractivity (Wildman–Crippen MR) is 157 cm³/mol. The van der Waals surface area contributed by atoms with Crippen molar-refractivity contribution in [1.29, 1.82) is 0 Å². The van der Waals surface area contributed by atoms with Gasteiger partial charge in [0.1, 0.15) is 12.0 Å². The van der Waals surface area contributed by atoms with Crippen molar-refractivity contribution in [2.45, 2.75) is 25.9 Å². The molecule has 198 valence electrons. The van der Waals surface area contributed by atoms with Gasteiger partial charge in [0.25, 0.3) is 0 Å². The second kappa shape index (κ2) is 12.4. The average molecular weight is 539 g/mol. The van der Waals surface area contributed by atoms with E-state index in [0.29, 0.717) is 17.0 Å². The maximum absolute atomic E-state index is 12.6. The van der Waals surface area contributed by atoms with Crippen LogP contribution in [0.15, 0.2) is 104 Å². The monoisotopic (exact) mass is 538 g/mol. The fourth-order valence-corrected chi connectivity index (χ4v) is 5.01. The summed E-state index contributed by atoms with van der Waals surface area (Å²) in [5.74, 6) is -0.788. The van der Waals surface area contributed by atoms with Gasteiger partial charge in [-0.3, -0.25) is 10.1 Å². The molecule has 3 aromatic carbocycles. The van der Waals surface area contributed by atoms with Crippen molar-refractivity contribution < 1.29 is 19.1 Å². The van der Waals surface area contributed by atoms with E-state index in [1.54, 1.807) is 13.0 Å². The van der Waals surface area contributed by atoms with Crippen LogP contribution in [0.3, 0.4) is 0 Å². The van der Waals surface area contributed by atoms with Gasteiger partial charge in [0.05, 0.1) is 23.4 Å². The van der Waals surface area contributed by atoms with Crippen LogP contribution in [-0.4, -0.2) is 29.6 Å². The van der Waals surface area contributed by atoms with Crippen LogP contribution < -0.4 is 5.32 Å². The van der Waals surface area contributed by atoms with Crippen LogP contribution >= 0.6 is 11.5 Å². The second-order valence-corrected chi connectivity index (χ2v) is 9.76. The minimum atomic E-state index is -0.576. The lowest BCUT2D eigenvalue weighted by Gasteiger charge is -2.16. The van der Waals surface area contributed by atoms with E-state index in [1.165, 1.54) is 18.6 Å². The van der Waals surface area contributed by atoms with Crippen LogP contribution in [0.5, 0.6) is 0 Å². The molecule has 0 spiro atoms. The Labute approximate surface area is 232 Å². The summed E-state index contributed by atoms with van der Waals surface area (Å²) in [5, 5.41) is 2.83. The Kier molecular flexibility index (Phi) is 8.74. The minimum Gasteiger partial charge on any atom is -0.468 e. The molecule has 1 N–H and O–H groups in total. The van der Waals surface area contributed by atoms with E-state index in [9.17, 15) is 9.59 Å². The molecule has 0 radical (unpaired) electrons. The highest BCUT2D eigenvalue weighted by Crippen LogP contribution is 2.36. The minimum absolute atomic E-state index is 0.299. The van der Waals surface area contributed by atoms with Gasteiger partial charge in [0, 0.05) is 0 Å². The van der Waals surface area contributed by atoms with Crippen molar-refractivity contribution in [3.63, 3.8) is 0 Å². The Balaban J connectivity index is 1.53. The number of nitrogens with one attached hydrogen (secondary N) is 1. The molecule has 2 atom stereocenters. The number of anilines is 1. The molecule has 7 heteroatoms. The summed E-state index contributed by atoms with van der Waals surface area (Å²) in [7, 11) is 1.41. The van der Waals surface area contributed by atoms with E-state index in [-0.39, 0.29) is 5.97 Å². The zero-order valence-electron chi connectivity index (χ0n) is 22.1. The first-order chi connectivity index (χ1) is 18.8. The lowest BCUT2D eigenvalue weighted by Crippen LogP contribution is -2.21. The molecule has 0 bridgehead atoms. The van der Waals surface area contributed by atoms with Crippen LogP contribution in [0.4, 0.5) is 10.5 Å². The molecule has 2 unspecified atom stereocenters. The lowest BCUT2D eigenvalue weighted by atomic mass is 9.90. The van der Waals surface area contributed by atoms with Gasteiger partial charge in [-0.1, -0.05) is 98.1 Å². The Morgan fingerprint density at radius 1 is 0.923 bits per heavy atom. The normalized spacial score (nSPS) is 12.2. The number of rotatable bonds is 9. The van der Waals surface area contributed by atoms with Crippen LogP contribution in [0.2, 0.25) is 0 Å². The van der Waals surface area contributed by atoms with Gasteiger partial charge in [-0.2, -0.15) is 4.37 Å². The topological polar surface area (TPSA) is 77.5 Å². The third-order valence-corrected chi connectivity index (χ3v) is 7.44. The molecule has 0 aliphatic heterocycles. The van der Waals surface area contributed by atoms with Crippen LogP contribution in [0.1, 0.15) is 29.7 Å². The summed E-state index contributed by atoms with van der Waals surface area (Å²) in [6.07, 6.45) is 0.503. The Morgan fingerprint density at radius 3 is 2.08 bits per heavy atom. The van der Waals surface area contributed by atoms with E-state index in [1.807, 2.05) is 85.8 Å². The summed E-state index contributed by atoms with van der Waals surface area (Å²) < 4.78 is 14.9. The summed E-state index contributed by atoms with van der Waals surface area (Å²) in [6.45, 7) is 11.1. The third-order valence-electron chi connectivity index (χ3n) is 6.45.